The van der Waals surface area contributed by atoms with Crippen molar-refractivity contribution in [2.45, 2.75) is 51.2 Å². The molecule has 0 radical (unpaired) electrons. The molecule has 2 aliphatic rings. The standard InChI is InChI=1S/C18H27N3O2/c1-14-13-21(11-12-23-14)17-9-7-16(8-10-17)20-18(22)19-15-5-3-2-4-6-15/h7-10,14-15H,2-6,11-13H2,1H3,(H2,19,20,22). The van der Waals surface area contributed by atoms with Gasteiger partial charge >= 0.3 is 6.03 Å². The molecule has 0 spiro atoms. The highest BCUT2D eigenvalue weighted by molar-refractivity contribution is 5.89. The van der Waals surface area contributed by atoms with E-state index in [0.717, 1.165) is 38.2 Å². The minimum absolute atomic E-state index is 0.0929. The van der Waals surface area contributed by atoms with Gasteiger partial charge in [0.2, 0.25) is 0 Å². The molecule has 1 aliphatic heterocycles. The number of hydrogen-bond acceptors (Lipinski definition) is 3. The zero-order valence-corrected chi connectivity index (χ0v) is 13.9. The van der Waals surface area contributed by atoms with Crippen LogP contribution in [0.4, 0.5) is 16.2 Å². The number of rotatable bonds is 3. The molecule has 126 valence electrons. The quantitative estimate of drug-likeness (QED) is 0.899. The minimum Gasteiger partial charge on any atom is -0.375 e. The van der Waals surface area contributed by atoms with Gasteiger partial charge in [-0.1, -0.05) is 19.3 Å². The van der Waals surface area contributed by atoms with E-state index >= 15 is 0 Å². The van der Waals surface area contributed by atoms with Crippen molar-refractivity contribution in [2.75, 3.05) is 29.9 Å². The van der Waals surface area contributed by atoms with Crippen molar-refractivity contribution < 1.29 is 9.53 Å². The fourth-order valence-electron chi connectivity index (χ4n) is 3.41. The summed E-state index contributed by atoms with van der Waals surface area (Å²) in [6, 6.07) is 8.30. The number of urea groups is 1. The molecular weight excluding hydrogens is 290 g/mol. The maximum absolute atomic E-state index is 12.1. The van der Waals surface area contributed by atoms with Crippen LogP contribution in [-0.4, -0.2) is 37.9 Å². The lowest BCUT2D eigenvalue weighted by atomic mass is 9.96. The molecule has 1 saturated carbocycles. The average Bonchev–Trinajstić information content (AvgIpc) is 2.56. The van der Waals surface area contributed by atoms with Gasteiger partial charge in [-0.25, -0.2) is 4.79 Å². The number of nitrogens with zero attached hydrogens (tertiary/aromatic N) is 1. The predicted molar refractivity (Wildman–Crippen MR) is 93.1 cm³/mol. The summed E-state index contributed by atoms with van der Waals surface area (Å²) in [7, 11) is 0. The topological polar surface area (TPSA) is 53.6 Å². The van der Waals surface area contributed by atoms with E-state index in [9.17, 15) is 4.79 Å². The van der Waals surface area contributed by atoms with Gasteiger partial charge in [0, 0.05) is 30.5 Å². The second-order valence-corrected chi connectivity index (χ2v) is 6.61. The number of carbonyl (C=O) groups excluding carboxylic acids is 1. The molecule has 5 heteroatoms. The Hall–Kier alpha value is -1.75. The average molecular weight is 317 g/mol. The van der Waals surface area contributed by atoms with Crippen LogP contribution in [0, 0.1) is 0 Å². The SMILES string of the molecule is CC1CN(c2ccc(NC(=O)NC3CCCCC3)cc2)CCO1. The smallest absolute Gasteiger partial charge is 0.319 e. The summed E-state index contributed by atoms with van der Waals surface area (Å²) in [5, 5.41) is 6.01. The van der Waals surface area contributed by atoms with Crippen LogP contribution in [-0.2, 0) is 4.74 Å². The largest absolute Gasteiger partial charge is 0.375 e. The number of hydrogen-bond donors (Lipinski definition) is 2. The molecule has 1 aromatic carbocycles. The molecular formula is C18H27N3O2. The van der Waals surface area contributed by atoms with Crippen LogP contribution in [0.25, 0.3) is 0 Å². The third kappa shape index (κ3) is 4.61. The van der Waals surface area contributed by atoms with Crippen molar-refractivity contribution in [1.29, 1.82) is 0 Å². The van der Waals surface area contributed by atoms with Crippen LogP contribution >= 0.6 is 0 Å². The zero-order valence-electron chi connectivity index (χ0n) is 13.9. The van der Waals surface area contributed by atoms with Crippen LogP contribution in [0.3, 0.4) is 0 Å². The van der Waals surface area contributed by atoms with Crippen molar-refractivity contribution in [2.24, 2.45) is 0 Å². The first-order valence-electron chi connectivity index (χ1n) is 8.75. The number of benzene rings is 1. The fourth-order valence-corrected chi connectivity index (χ4v) is 3.41. The van der Waals surface area contributed by atoms with E-state index in [0.29, 0.717) is 6.04 Å². The van der Waals surface area contributed by atoms with Gasteiger partial charge in [0.15, 0.2) is 0 Å². The van der Waals surface area contributed by atoms with Gasteiger partial charge in [0.25, 0.3) is 0 Å². The van der Waals surface area contributed by atoms with Gasteiger partial charge in [-0.05, 0) is 44.0 Å². The van der Waals surface area contributed by atoms with Crippen LogP contribution in [0.2, 0.25) is 0 Å². The summed E-state index contributed by atoms with van der Waals surface area (Å²) in [5.41, 5.74) is 2.02. The monoisotopic (exact) mass is 317 g/mol. The van der Waals surface area contributed by atoms with Crippen LogP contribution in [0.5, 0.6) is 0 Å². The summed E-state index contributed by atoms with van der Waals surface area (Å²) in [6.07, 6.45) is 6.20. The minimum atomic E-state index is -0.0929. The molecule has 1 saturated heterocycles. The fraction of sp³-hybridized carbons (Fsp3) is 0.611. The van der Waals surface area contributed by atoms with Crippen molar-refractivity contribution in [3.05, 3.63) is 24.3 Å². The van der Waals surface area contributed by atoms with E-state index in [1.807, 2.05) is 12.1 Å². The summed E-state index contributed by atoms with van der Waals surface area (Å²) in [4.78, 5) is 14.4. The first kappa shape index (κ1) is 16.1. The Morgan fingerprint density at radius 1 is 1.17 bits per heavy atom. The number of amides is 2. The Balaban J connectivity index is 1.51. The second-order valence-electron chi connectivity index (χ2n) is 6.61. The van der Waals surface area contributed by atoms with Crippen molar-refractivity contribution >= 4 is 17.4 Å². The molecule has 0 aromatic heterocycles. The lowest BCUT2D eigenvalue weighted by molar-refractivity contribution is 0.0532. The number of ether oxygens (including phenoxy) is 1. The Kier molecular flexibility index (Phi) is 5.39. The number of nitrogens with one attached hydrogen (secondary N) is 2. The molecule has 23 heavy (non-hydrogen) atoms. The Morgan fingerprint density at radius 2 is 1.91 bits per heavy atom. The van der Waals surface area contributed by atoms with Crippen molar-refractivity contribution in [3.8, 4) is 0 Å². The van der Waals surface area contributed by atoms with Gasteiger partial charge < -0.3 is 20.3 Å². The lowest BCUT2D eigenvalue weighted by Gasteiger charge is -2.33. The summed E-state index contributed by atoms with van der Waals surface area (Å²) in [6.45, 7) is 4.69. The van der Waals surface area contributed by atoms with Gasteiger partial charge in [-0.3, -0.25) is 0 Å². The molecule has 2 amide bonds. The highest BCUT2D eigenvalue weighted by atomic mass is 16.5. The molecule has 1 aromatic rings. The van der Waals surface area contributed by atoms with E-state index in [1.165, 1.54) is 24.9 Å². The van der Waals surface area contributed by atoms with E-state index in [-0.39, 0.29) is 12.1 Å². The highest BCUT2D eigenvalue weighted by Gasteiger charge is 2.17. The van der Waals surface area contributed by atoms with E-state index < -0.39 is 0 Å². The third-order valence-corrected chi connectivity index (χ3v) is 4.67. The van der Waals surface area contributed by atoms with Gasteiger partial charge in [-0.2, -0.15) is 0 Å². The molecule has 2 N–H and O–H groups in total. The summed E-state index contributed by atoms with van der Waals surface area (Å²) < 4.78 is 5.57. The molecule has 1 aliphatic carbocycles. The lowest BCUT2D eigenvalue weighted by Crippen LogP contribution is -2.41. The van der Waals surface area contributed by atoms with Gasteiger partial charge in [-0.15, -0.1) is 0 Å². The maximum atomic E-state index is 12.1. The molecule has 3 rings (SSSR count). The first-order valence-corrected chi connectivity index (χ1v) is 8.75. The van der Waals surface area contributed by atoms with E-state index in [2.05, 4.69) is 34.6 Å². The molecule has 0 bridgehead atoms. The highest BCUT2D eigenvalue weighted by Crippen LogP contribution is 2.21. The normalized spacial score (nSPS) is 22.7. The third-order valence-electron chi connectivity index (χ3n) is 4.67. The molecule has 1 atom stereocenters. The van der Waals surface area contributed by atoms with Crippen molar-refractivity contribution in [3.63, 3.8) is 0 Å². The Morgan fingerprint density at radius 3 is 2.61 bits per heavy atom. The number of morpholine rings is 1. The molecule has 5 nitrogen and oxygen atoms in total. The number of carbonyl (C=O) groups is 1. The van der Waals surface area contributed by atoms with E-state index in [1.54, 1.807) is 0 Å². The van der Waals surface area contributed by atoms with Gasteiger partial charge in [0.05, 0.1) is 12.7 Å². The Bertz CT molecular complexity index is 512. The summed E-state index contributed by atoms with van der Waals surface area (Å²) in [5.74, 6) is 0. The van der Waals surface area contributed by atoms with Crippen LogP contribution < -0.4 is 15.5 Å². The summed E-state index contributed by atoms with van der Waals surface area (Å²) >= 11 is 0. The molecule has 1 heterocycles. The Labute approximate surface area is 138 Å². The maximum Gasteiger partial charge on any atom is 0.319 e. The van der Waals surface area contributed by atoms with Gasteiger partial charge in [0.1, 0.15) is 0 Å². The second kappa shape index (κ2) is 7.68. The van der Waals surface area contributed by atoms with E-state index in [4.69, 9.17) is 4.74 Å². The number of anilines is 2. The van der Waals surface area contributed by atoms with Crippen LogP contribution in [0.15, 0.2) is 24.3 Å². The molecule has 1 unspecified atom stereocenters. The molecule has 2 fully saturated rings. The van der Waals surface area contributed by atoms with Crippen LogP contribution in [0.1, 0.15) is 39.0 Å². The van der Waals surface area contributed by atoms with Crippen molar-refractivity contribution in [1.82, 2.24) is 5.32 Å². The first-order chi connectivity index (χ1) is 11.2. The predicted octanol–water partition coefficient (Wildman–Crippen LogP) is 3.37. The zero-order chi connectivity index (χ0) is 16.1.